The van der Waals surface area contributed by atoms with E-state index in [0.29, 0.717) is 5.95 Å². The summed E-state index contributed by atoms with van der Waals surface area (Å²) in [7, 11) is 0. The number of hydrogen-bond donors (Lipinski definition) is 3. The standard InChI is InChI=1S/C19H22N6O/c1-14(13-26)23-19-24-17(16-3-2-7-21-12-16)11-18(25-19)22-10-6-15-4-8-20-9-5-15/h2-5,7-9,11-12,14,26H,6,10,13H2,1H3,(H2,22,23,24,25)/t14-/m1/s1. The van der Waals surface area contributed by atoms with Crippen molar-refractivity contribution in [3.63, 3.8) is 0 Å². The minimum atomic E-state index is -0.135. The minimum Gasteiger partial charge on any atom is -0.394 e. The van der Waals surface area contributed by atoms with E-state index in [1.165, 1.54) is 5.56 Å². The lowest BCUT2D eigenvalue weighted by Gasteiger charge is -2.14. The van der Waals surface area contributed by atoms with Crippen LogP contribution in [0.2, 0.25) is 0 Å². The van der Waals surface area contributed by atoms with Gasteiger partial charge in [0.05, 0.1) is 12.3 Å². The fourth-order valence-electron chi connectivity index (χ4n) is 2.41. The van der Waals surface area contributed by atoms with Gasteiger partial charge in [-0.05, 0) is 43.2 Å². The number of rotatable bonds is 8. The van der Waals surface area contributed by atoms with Crippen molar-refractivity contribution in [2.45, 2.75) is 19.4 Å². The molecule has 3 N–H and O–H groups in total. The van der Waals surface area contributed by atoms with Crippen LogP contribution in [0.1, 0.15) is 12.5 Å². The van der Waals surface area contributed by atoms with Gasteiger partial charge in [0.25, 0.3) is 0 Å². The molecule has 0 saturated heterocycles. The molecule has 1 atom stereocenters. The molecule has 0 bridgehead atoms. The van der Waals surface area contributed by atoms with Gasteiger partial charge in [-0.2, -0.15) is 4.98 Å². The Morgan fingerprint density at radius 2 is 1.92 bits per heavy atom. The number of hydrogen-bond acceptors (Lipinski definition) is 7. The molecule has 3 heterocycles. The molecule has 0 amide bonds. The summed E-state index contributed by atoms with van der Waals surface area (Å²) in [5, 5.41) is 15.7. The maximum Gasteiger partial charge on any atom is 0.225 e. The van der Waals surface area contributed by atoms with Crippen LogP contribution in [0.25, 0.3) is 11.3 Å². The molecule has 0 unspecified atom stereocenters. The number of pyridine rings is 2. The summed E-state index contributed by atoms with van der Waals surface area (Å²) in [6.07, 6.45) is 7.94. The van der Waals surface area contributed by atoms with Gasteiger partial charge in [-0.3, -0.25) is 9.97 Å². The van der Waals surface area contributed by atoms with Crippen molar-refractivity contribution in [1.29, 1.82) is 0 Å². The van der Waals surface area contributed by atoms with Crippen molar-refractivity contribution in [3.8, 4) is 11.3 Å². The third-order valence-corrected chi connectivity index (χ3v) is 3.80. The largest absolute Gasteiger partial charge is 0.394 e. The third-order valence-electron chi connectivity index (χ3n) is 3.80. The lowest BCUT2D eigenvalue weighted by atomic mass is 10.2. The van der Waals surface area contributed by atoms with Gasteiger partial charge in [0.15, 0.2) is 0 Å². The Hall–Kier alpha value is -3.06. The molecule has 0 aliphatic rings. The first-order chi connectivity index (χ1) is 12.7. The average molecular weight is 350 g/mol. The fraction of sp³-hybridized carbons (Fsp3) is 0.263. The molecule has 7 nitrogen and oxygen atoms in total. The van der Waals surface area contributed by atoms with E-state index in [1.54, 1.807) is 24.8 Å². The Labute approximate surface area is 152 Å². The van der Waals surface area contributed by atoms with Crippen molar-refractivity contribution in [2.24, 2.45) is 0 Å². The SMILES string of the molecule is C[C@H](CO)Nc1nc(NCCc2ccncc2)cc(-c2cccnc2)n1. The highest BCUT2D eigenvalue weighted by Crippen LogP contribution is 2.21. The Morgan fingerprint density at radius 3 is 2.65 bits per heavy atom. The number of aromatic nitrogens is 4. The maximum atomic E-state index is 9.27. The Balaban J connectivity index is 1.77. The van der Waals surface area contributed by atoms with Crippen LogP contribution in [0.15, 0.2) is 55.1 Å². The molecule has 0 radical (unpaired) electrons. The first-order valence-corrected chi connectivity index (χ1v) is 8.54. The average Bonchev–Trinajstić information content (AvgIpc) is 2.69. The predicted octanol–water partition coefficient (Wildman–Crippen LogP) is 2.38. The lowest BCUT2D eigenvalue weighted by molar-refractivity contribution is 0.281. The Morgan fingerprint density at radius 1 is 1.08 bits per heavy atom. The van der Waals surface area contributed by atoms with E-state index in [2.05, 4.69) is 30.6 Å². The van der Waals surface area contributed by atoms with Crippen LogP contribution in [0.5, 0.6) is 0 Å². The van der Waals surface area contributed by atoms with Crippen LogP contribution >= 0.6 is 0 Å². The highest BCUT2D eigenvalue weighted by molar-refractivity contribution is 5.63. The van der Waals surface area contributed by atoms with Crippen molar-refractivity contribution >= 4 is 11.8 Å². The molecular weight excluding hydrogens is 328 g/mol. The molecular formula is C19H22N6O. The smallest absolute Gasteiger partial charge is 0.225 e. The van der Waals surface area contributed by atoms with Crippen LogP contribution in [-0.2, 0) is 6.42 Å². The Kier molecular flexibility index (Phi) is 6.05. The second-order valence-corrected chi connectivity index (χ2v) is 5.96. The van der Waals surface area contributed by atoms with Gasteiger partial charge in [-0.15, -0.1) is 0 Å². The molecule has 0 fully saturated rings. The molecule has 3 aromatic heterocycles. The van der Waals surface area contributed by atoms with E-state index in [9.17, 15) is 5.11 Å². The summed E-state index contributed by atoms with van der Waals surface area (Å²) in [5.74, 6) is 1.19. The number of aliphatic hydroxyl groups excluding tert-OH is 1. The van der Waals surface area contributed by atoms with Gasteiger partial charge in [0.1, 0.15) is 5.82 Å². The van der Waals surface area contributed by atoms with E-state index >= 15 is 0 Å². The van der Waals surface area contributed by atoms with Gasteiger partial charge in [-0.25, -0.2) is 4.98 Å². The lowest BCUT2D eigenvalue weighted by Crippen LogP contribution is -2.21. The monoisotopic (exact) mass is 350 g/mol. The van der Waals surface area contributed by atoms with Crippen molar-refractivity contribution in [1.82, 2.24) is 19.9 Å². The second-order valence-electron chi connectivity index (χ2n) is 5.96. The van der Waals surface area contributed by atoms with Crippen molar-refractivity contribution in [3.05, 3.63) is 60.7 Å². The molecule has 0 aromatic carbocycles. The molecule has 0 saturated carbocycles. The van der Waals surface area contributed by atoms with Gasteiger partial charge in [0, 0.05) is 49.0 Å². The van der Waals surface area contributed by atoms with Crippen molar-refractivity contribution < 1.29 is 5.11 Å². The first-order valence-electron chi connectivity index (χ1n) is 8.54. The van der Waals surface area contributed by atoms with Gasteiger partial charge in [0.2, 0.25) is 5.95 Å². The van der Waals surface area contributed by atoms with Gasteiger partial charge in [-0.1, -0.05) is 0 Å². The zero-order valence-corrected chi connectivity index (χ0v) is 14.6. The van der Waals surface area contributed by atoms with Crippen LogP contribution < -0.4 is 10.6 Å². The molecule has 3 aromatic rings. The summed E-state index contributed by atoms with van der Waals surface area (Å²) in [4.78, 5) is 17.2. The molecule has 0 aliphatic heterocycles. The van der Waals surface area contributed by atoms with E-state index in [0.717, 1.165) is 30.0 Å². The van der Waals surface area contributed by atoms with E-state index in [-0.39, 0.29) is 12.6 Å². The Bertz CT molecular complexity index is 813. The summed E-state index contributed by atoms with van der Waals surface area (Å²) in [6.45, 7) is 2.62. The fourth-order valence-corrected chi connectivity index (χ4v) is 2.41. The van der Waals surface area contributed by atoms with E-state index < -0.39 is 0 Å². The number of nitrogens with zero attached hydrogens (tertiary/aromatic N) is 4. The van der Waals surface area contributed by atoms with Crippen LogP contribution in [-0.4, -0.2) is 44.2 Å². The highest BCUT2D eigenvalue weighted by Gasteiger charge is 2.09. The molecule has 26 heavy (non-hydrogen) atoms. The summed E-state index contributed by atoms with van der Waals surface area (Å²) in [5.41, 5.74) is 2.89. The third kappa shape index (κ3) is 4.97. The topological polar surface area (TPSA) is 95.8 Å². The van der Waals surface area contributed by atoms with E-state index in [4.69, 9.17) is 0 Å². The normalized spacial score (nSPS) is 11.8. The van der Waals surface area contributed by atoms with Crippen LogP contribution in [0.4, 0.5) is 11.8 Å². The number of anilines is 2. The van der Waals surface area contributed by atoms with Gasteiger partial charge < -0.3 is 15.7 Å². The van der Waals surface area contributed by atoms with Crippen LogP contribution in [0, 0.1) is 0 Å². The number of nitrogens with one attached hydrogen (secondary N) is 2. The molecule has 134 valence electrons. The molecule has 0 spiro atoms. The molecule has 0 aliphatic carbocycles. The zero-order valence-electron chi connectivity index (χ0n) is 14.6. The van der Waals surface area contributed by atoms with Crippen LogP contribution in [0.3, 0.4) is 0 Å². The maximum absolute atomic E-state index is 9.27. The predicted molar refractivity (Wildman–Crippen MR) is 102 cm³/mol. The first kappa shape index (κ1) is 17.8. The molecule has 7 heteroatoms. The van der Waals surface area contributed by atoms with E-state index in [1.807, 2.05) is 37.3 Å². The highest BCUT2D eigenvalue weighted by atomic mass is 16.3. The summed E-state index contributed by atoms with van der Waals surface area (Å²) < 4.78 is 0. The molecule has 3 rings (SSSR count). The summed E-state index contributed by atoms with van der Waals surface area (Å²) >= 11 is 0. The minimum absolute atomic E-state index is 0.00524. The second kappa shape index (κ2) is 8.87. The quantitative estimate of drug-likeness (QED) is 0.574. The number of aliphatic hydroxyl groups is 1. The zero-order chi connectivity index (χ0) is 18.2. The summed E-state index contributed by atoms with van der Waals surface area (Å²) in [6, 6.07) is 9.59. The van der Waals surface area contributed by atoms with Gasteiger partial charge >= 0.3 is 0 Å². The van der Waals surface area contributed by atoms with Crippen molar-refractivity contribution in [2.75, 3.05) is 23.8 Å².